The van der Waals surface area contributed by atoms with Gasteiger partial charge in [0, 0.05) is 0 Å². The first kappa shape index (κ1) is 15.0. The molecule has 2 heteroatoms. The standard InChI is InChI=1S/C16H26O2/c1-11(2)8-14-6-7-15(13(14)5)9-16(17)18-10-12(3)4/h12,14-15H,1,5-10H2,2-4H3/t14?,15-/m0/s1. The molecule has 0 aromatic heterocycles. The third-order valence-electron chi connectivity index (χ3n) is 3.50. The first-order valence-electron chi connectivity index (χ1n) is 6.88. The quantitative estimate of drug-likeness (QED) is 0.523. The van der Waals surface area contributed by atoms with Crippen molar-refractivity contribution in [3.05, 3.63) is 24.3 Å². The van der Waals surface area contributed by atoms with Gasteiger partial charge in [0.2, 0.25) is 0 Å². The number of allylic oxidation sites excluding steroid dienone is 2. The predicted molar refractivity (Wildman–Crippen MR) is 75.2 cm³/mol. The van der Waals surface area contributed by atoms with Gasteiger partial charge in [0.05, 0.1) is 13.0 Å². The number of esters is 1. The van der Waals surface area contributed by atoms with Crippen molar-refractivity contribution >= 4 is 5.97 Å². The molecule has 0 heterocycles. The van der Waals surface area contributed by atoms with Gasteiger partial charge in [0.15, 0.2) is 0 Å². The van der Waals surface area contributed by atoms with Crippen LogP contribution in [0.3, 0.4) is 0 Å². The molecule has 1 saturated carbocycles. The zero-order chi connectivity index (χ0) is 13.7. The summed E-state index contributed by atoms with van der Waals surface area (Å²) in [6.07, 6.45) is 3.70. The van der Waals surface area contributed by atoms with E-state index in [0.29, 0.717) is 30.8 Å². The average Bonchev–Trinajstić information content (AvgIpc) is 2.58. The number of carbonyl (C=O) groups is 1. The van der Waals surface area contributed by atoms with Gasteiger partial charge in [-0.1, -0.05) is 31.6 Å². The SMILES string of the molecule is C=C(C)CC1CC[C@@H](CC(=O)OCC(C)C)C1=C. The molecule has 1 fully saturated rings. The van der Waals surface area contributed by atoms with Gasteiger partial charge in [0.25, 0.3) is 0 Å². The summed E-state index contributed by atoms with van der Waals surface area (Å²) in [6, 6.07) is 0. The zero-order valence-corrected chi connectivity index (χ0v) is 12.0. The van der Waals surface area contributed by atoms with E-state index in [4.69, 9.17) is 4.74 Å². The minimum atomic E-state index is -0.0779. The normalized spacial score (nSPS) is 23.4. The fourth-order valence-corrected chi connectivity index (χ4v) is 2.51. The number of hydrogen-bond acceptors (Lipinski definition) is 2. The predicted octanol–water partition coefficient (Wildman–Crippen LogP) is 4.12. The minimum absolute atomic E-state index is 0.0779. The lowest BCUT2D eigenvalue weighted by Gasteiger charge is -2.15. The Hall–Kier alpha value is -1.05. The molecule has 1 aliphatic carbocycles. The summed E-state index contributed by atoms with van der Waals surface area (Å²) in [4.78, 5) is 11.7. The van der Waals surface area contributed by atoms with Crippen LogP contribution in [0.1, 0.15) is 46.5 Å². The summed E-state index contributed by atoms with van der Waals surface area (Å²) in [5, 5.41) is 0. The zero-order valence-electron chi connectivity index (χ0n) is 12.0. The number of rotatable bonds is 6. The summed E-state index contributed by atoms with van der Waals surface area (Å²) in [6.45, 7) is 14.8. The summed E-state index contributed by atoms with van der Waals surface area (Å²) >= 11 is 0. The Labute approximate surface area is 111 Å². The molecule has 0 N–H and O–H groups in total. The summed E-state index contributed by atoms with van der Waals surface area (Å²) in [5.41, 5.74) is 2.42. The van der Waals surface area contributed by atoms with Gasteiger partial charge in [-0.2, -0.15) is 0 Å². The van der Waals surface area contributed by atoms with Crippen molar-refractivity contribution in [3.63, 3.8) is 0 Å². The van der Waals surface area contributed by atoms with E-state index >= 15 is 0 Å². The highest BCUT2D eigenvalue weighted by Gasteiger charge is 2.30. The summed E-state index contributed by atoms with van der Waals surface area (Å²) in [5.74, 6) is 1.15. The fourth-order valence-electron chi connectivity index (χ4n) is 2.51. The Morgan fingerprint density at radius 3 is 2.39 bits per heavy atom. The van der Waals surface area contributed by atoms with Crippen molar-refractivity contribution < 1.29 is 9.53 Å². The van der Waals surface area contributed by atoms with E-state index in [0.717, 1.165) is 19.3 Å². The van der Waals surface area contributed by atoms with Crippen LogP contribution in [-0.2, 0) is 9.53 Å². The Morgan fingerprint density at radius 1 is 1.33 bits per heavy atom. The fraction of sp³-hybridized carbons (Fsp3) is 0.688. The van der Waals surface area contributed by atoms with Crippen LogP contribution in [-0.4, -0.2) is 12.6 Å². The maximum atomic E-state index is 11.7. The molecule has 18 heavy (non-hydrogen) atoms. The second kappa shape index (κ2) is 6.77. The van der Waals surface area contributed by atoms with Crippen molar-refractivity contribution in [2.24, 2.45) is 17.8 Å². The van der Waals surface area contributed by atoms with Gasteiger partial charge in [-0.3, -0.25) is 4.79 Å². The second-order valence-electron chi connectivity index (χ2n) is 5.99. The maximum absolute atomic E-state index is 11.7. The number of ether oxygens (including phenoxy) is 1. The van der Waals surface area contributed by atoms with Gasteiger partial charge in [0.1, 0.15) is 0 Å². The lowest BCUT2D eigenvalue weighted by atomic mass is 9.92. The second-order valence-corrected chi connectivity index (χ2v) is 5.99. The van der Waals surface area contributed by atoms with Crippen LogP contribution in [0.15, 0.2) is 24.3 Å². The Bertz CT molecular complexity index is 328. The molecule has 2 nitrogen and oxygen atoms in total. The monoisotopic (exact) mass is 250 g/mol. The Kier molecular flexibility index (Phi) is 5.64. The van der Waals surface area contributed by atoms with Crippen LogP contribution in [0.25, 0.3) is 0 Å². The largest absolute Gasteiger partial charge is 0.465 e. The van der Waals surface area contributed by atoms with Crippen LogP contribution in [0, 0.1) is 17.8 Å². The van der Waals surface area contributed by atoms with E-state index in [1.54, 1.807) is 0 Å². The Morgan fingerprint density at radius 2 is 1.89 bits per heavy atom. The Balaban J connectivity index is 2.38. The molecule has 0 amide bonds. The molecule has 1 rings (SSSR count). The lowest BCUT2D eigenvalue weighted by Crippen LogP contribution is -2.14. The lowest BCUT2D eigenvalue weighted by molar-refractivity contribution is -0.145. The summed E-state index contributed by atoms with van der Waals surface area (Å²) < 4.78 is 5.23. The van der Waals surface area contributed by atoms with Crippen LogP contribution in [0.2, 0.25) is 0 Å². The number of hydrogen-bond donors (Lipinski definition) is 0. The minimum Gasteiger partial charge on any atom is -0.465 e. The molecule has 0 aliphatic heterocycles. The highest BCUT2D eigenvalue weighted by molar-refractivity contribution is 5.70. The molecule has 0 saturated heterocycles. The molecule has 0 bridgehead atoms. The van der Waals surface area contributed by atoms with Crippen molar-refractivity contribution in [2.45, 2.75) is 46.5 Å². The average molecular weight is 250 g/mol. The van der Waals surface area contributed by atoms with Gasteiger partial charge in [-0.05, 0) is 43.9 Å². The maximum Gasteiger partial charge on any atom is 0.306 e. The number of carbonyl (C=O) groups excluding carboxylic acids is 1. The van der Waals surface area contributed by atoms with Gasteiger partial charge in [-0.25, -0.2) is 0 Å². The molecule has 2 atom stereocenters. The van der Waals surface area contributed by atoms with E-state index in [2.05, 4.69) is 20.1 Å². The molecular formula is C16H26O2. The highest BCUT2D eigenvalue weighted by atomic mass is 16.5. The molecule has 102 valence electrons. The van der Waals surface area contributed by atoms with Crippen LogP contribution < -0.4 is 0 Å². The van der Waals surface area contributed by atoms with E-state index in [1.165, 1.54) is 11.1 Å². The third kappa shape index (κ3) is 4.67. The van der Waals surface area contributed by atoms with Gasteiger partial charge >= 0.3 is 5.97 Å². The van der Waals surface area contributed by atoms with Crippen molar-refractivity contribution in [1.82, 2.24) is 0 Å². The third-order valence-corrected chi connectivity index (χ3v) is 3.50. The molecular weight excluding hydrogens is 224 g/mol. The molecule has 0 radical (unpaired) electrons. The molecule has 1 unspecified atom stereocenters. The van der Waals surface area contributed by atoms with Gasteiger partial charge < -0.3 is 4.74 Å². The molecule has 0 aromatic carbocycles. The summed E-state index contributed by atoms with van der Waals surface area (Å²) in [7, 11) is 0. The van der Waals surface area contributed by atoms with Gasteiger partial charge in [-0.15, -0.1) is 6.58 Å². The van der Waals surface area contributed by atoms with Crippen LogP contribution in [0.4, 0.5) is 0 Å². The van der Waals surface area contributed by atoms with Crippen molar-refractivity contribution in [1.29, 1.82) is 0 Å². The highest BCUT2D eigenvalue weighted by Crippen LogP contribution is 2.40. The first-order valence-corrected chi connectivity index (χ1v) is 6.88. The molecule has 0 spiro atoms. The van der Waals surface area contributed by atoms with Crippen LogP contribution in [0.5, 0.6) is 0 Å². The van der Waals surface area contributed by atoms with E-state index in [-0.39, 0.29) is 5.97 Å². The van der Waals surface area contributed by atoms with E-state index < -0.39 is 0 Å². The van der Waals surface area contributed by atoms with Crippen molar-refractivity contribution in [2.75, 3.05) is 6.61 Å². The van der Waals surface area contributed by atoms with E-state index in [1.807, 2.05) is 13.8 Å². The topological polar surface area (TPSA) is 26.3 Å². The van der Waals surface area contributed by atoms with E-state index in [9.17, 15) is 4.79 Å². The van der Waals surface area contributed by atoms with Crippen LogP contribution >= 0.6 is 0 Å². The first-order chi connectivity index (χ1) is 8.40. The molecule has 1 aliphatic rings. The van der Waals surface area contributed by atoms with Crippen molar-refractivity contribution in [3.8, 4) is 0 Å². The molecule has 0 aromatic rings. The smallest absolute Gasteiger partial charge is 0.306 e.